The Labute approximate surface area is 107 Å². The molecule has 1 fully saturated rings. The highest BCUT2D eigenvalue weighted by Gasteiger charge is 2.42. The maximum atomic E-state index is 9.65. The van der Waals surface area contributed by atoms with Crippen molar-refractivity contribution in [2.45, 2.75) is 52.5 Å². The lowest BCUT2D eigenvalue weighted by Gasteiger charge is -2.31. The van der Waals surface area contributed by atoms with Crippen molar-refractivity contribution in [3.05, 3.63) is 0 Å². The maximum absolute atomic E-state index is 9.65. The third kappa shape index (κ3) is 4.23. The van der Waals surface area contributed by atoms with Gasteiger partial charge in [-0.3, -0.25) is 0 Å². The van der Waals surface area contributed by atoms with Gasteiger partial charge in [-0.25, -0.2) is 0 Å². The molecule has 1 aliphatic rings. The van der Waals surface area contributed by atoms with Gasteiger partial charge in [0.25, 0.3) is 0 Å². The number of nitrogens with one attached hydrogen (secondary N) is 1. The second-order valence-corrected chi connectivity index (χ2v) is 6.23. The van der Waals surface area contributed by atoms with Crippen LogP contribution in [0.4, 0.5) is 0 Å². The zero-order chi connectivity index (χ0) is 12.9. The summed E-state index contributed by atoms with van der Waals surface area (Å²) in [5.74, 6) is 0. The molecule has 0 heterocycles. The molecule has 1 unspecified atom stereocenters. The molecule has 0 amide bonds. The van der Waals surface area contributed by atoms with Crippen molar-refractivity contribution in [2.75, 3.05) is 32.8 Å². The Balaban J connectivity index is 2.38. The lowest BCUT2D eigenvalue weighted by molar-refractivity contribution is 0.147. The Morgan fingerprint density at radius 3 is 2.24 bits per heavy atom. The number of likely N-dealkylation sites (N-methyl/N-ethyl adjacent to an activating group) is 1. The summed E-state index contributed by atoms with van der Waals surface area (Å²) in [6, 6.07) is 0. The molecule has 0 bridgehead atoms. The molecular weight excluding hydrogens is 212 g/mol. The minimum absolute atomic E-state index is 0.0172. The van der Waals surface area contributed by atoms with Crippen molar-refractivity contribution in [2.24, 2.45) is 5.41 Å². The number of aliphatic hydroxyl groups excluding tert-OH is 1. The Hall–Kier alpha value is -0.120. The summed E-state index contributed by atoms with van der Waals surface area (Å²) in [6.07, 6.45) is 3.41. The third-order valence-electron chi connectivity index (χ3n) is 4.22. The number of hydrogen-bond acceptors (Lipinski definition) is 3. The molecule has 1 saturated carbocycles. The fraction of sp³-hybridized carbons (Fsp3) is 1.00. The van der Waals surface area contributed by atoms with Gasteiger partial charge in [0.05, 0.1) is 6.61 Å². The zero-order valence-corrected chi connectivity index (χ0v) is 12.1. The van der Waals surface area contributed by atoms with Gasteiger partial charge in [-0.2, -0.15) is 0 Å². The van der Waals surface area contributed by atoms with Gasteiger partial charge >= 0.3 is 0 Å². The molecule has 0 radical (unpaired) electrons. The van der Waals surface area contributed by atoms with Crippen LogP contribution in [0.25, 0.3) is 0 Å². The van der Waals surface area contributed by atoms with E-state index in [2.05, 4.69) is 37.9 Å². The minimum atomic E-state index is -0.0172. The molecule has 0 aromatic rings. The molecule has 3 nitrogen and oxygen atoms in total. The molecule has 3 heteroatoms. The fourth-order valence-electron chi connectivity index (χ4n) is 3.03. The van der Waals surface area contributed by atoms with Crippen molar-refractivity contribution in [3.8, 4) is 0 Å². The molecule has 1 aliphatic carbocycles. The molecule has 2 N–H and O–H groups in total. The lowest BCUT2D eigenvalue weighted by atomic mass is 9.88. The summed E-state index contributed by atoms with van der Waals surface area (Å²) in [6.45, 7) is 13.6. The Bertz CT molecular complexity index is 226. The summed E-state index contributed by atoms with van der Waals surface area (Å²) >= 11 is 0. The van der Waals surface area contributed by atoms with E-state index in [1.54, 1.807) is 0 Å². The average Bonchev–Trinajstić information content (AvgIpc) is 2.61. The van der Waals surface area contributed by atoms with E-state index in [-0.39, 0.29) is 12.1 Å². The van der Waals surface area contributed by atoms with Gasteiger partial charge < -0.3 is 15.3 Å². The van der Waals surface area contributed by atoms with Crippen molar-refractivity contribution in [3.63, 3.8) is 0 Å². The highest BCUT2D eigenvalue weighted by molar-refractivity contribution is 4.99. The van der Waals surface area contributed by atoms with Gasteiger partial charge in [-0.15, -0.1) is 0 Å². The van der Waals surface area contributed by atoms with Gasteiger partial charge in [0.2, 0.25) is 0 Å². The molecule has 102 valence electrons. The average molecular weight is 242 g/mol. The smallest absolute Gasteiger partial charge is 0.0613 e. The van der Waals surface area contributed by atoms with Crippen LogP contribution in [-0.4, -0.2) is 48.3 Å². The van der Waals surface area contributed by atoms with Crippen molar-refractivity contribution < 1.29 is 5.11 Å². The topological polar surface area (TPSA) is 35.5 Å². The Morgan fingerprint density at radius 2 is 1.82 bits per heavy atom. The fourth-order valence-corrected chi connectivity index (χ4v) is 3.03. The van der Waals surface area contributed by atoms with E-state index in [9.17, 15) is 5.11 Å². The summed E-state index contributed by atoms with van der Waals surface area (Å²) in [7, 11) is 0. The van der Waals surface area contributed by atoms with E-state index in [1.165, 1.54) is 6.42 Å². The second-order valence-electron chi connectivity index (χ2n) is 6.23. The van der Waals surface area contributed by atoms with E-state index in [4.69, 9.17) is 0 Å². The highest BCUT2D eigenvalue weighted by Crippen LogP contribution is 2.43. The van der Waals surface area contributed by atoms with E-state index < -0.39 is 0 Å². The molecule has 0 aromatic carbocycles. The summed E-state index contributed by atoms with van der Waals surface area (Å²) in [5, 5.41) is 13.3. The number of hydrogen-bond donors (Lipinski definition) is 2. The normalized spacial score (nSPS) is 27.9. The molecule has 17 heavy (non-hydrogen) atoms. The summed E-state index contributed by atoms with van der Waals surface area (Å²) < 4.78 is 0. The first-order valence-corrected chi connectivity index (χ1v) is 7.05. The molecule has 1 atom stereocenters. The van der Waals surface area contributed by atoms with Crippen LogP contribution in [0.2, 0.25) is 0 Å². The van der Waals surface area contributed by atoms with Crippen LogP contribution < -0.4 is 5.32 Å². The van der Waals surface area contributed by atoms with E-state index in [0.717, 1.165) is 39.0 Å². The molecule has 1 rings (SSSR count). The SMILES string of the molecule is CCN(CC)CCNC1(CO)CCC(C)(C)C1. The summed E-state index contributed by atoms with van der Waals surface area (Å²) in [5.41, 5.74) is 0.363. The van der Waals surface area contributed by atoms with Gasteiger partial charge in [0.1, 0.15) is 0 Å². The first kappa shape index (κ1) is 14.9. The minimum Gasteiger partial charge on any atom is -0.394 e. The van der Waals surface area contributed by atoms with Crippen LogP contribution in [-0.2, 0) is 0 Å². The van der Waals surface area contributed by atoms with Gasteiger partial charge in [-0.1, -0.05) is 27.7 Å². The predicted octanol–water partition coefficient (Wildman–Crippen LogP) is 1.86. The summed E-state index contributed by atoms with van der Waals surface area (Å²) in [4.78, 5) is 2.41. The largest absolute Gasteiger partial charge is 0.394 e. The molecule has 0 spiro atoms. The van der Waals surface area contributed by atoms with Gasteiger partial charge in [0.15, 0.2) is 0 Å². The molecule has 0 aliphatic heterocycles. The Kier molecular flexibility index (Phi) is 5.42. The van der Waals surface area contributed by atoms with Crippen LogP contribution in [0.1, 0.15) is 47.0 Å². The van der Waals surface area contributed by atoms with Crippen LogP contribution >= 0.6 is 0 Å². The number of aliphatic hydroxyl groups is 1. The quantitative estimate of drug-likeness (QED) is 0.715. The van der Waals surface area contributed by atoms with Crippen LogP contribution in [0, 0.1) is 5.41 Å². The van der Waals surface area contributed by atoms with E-state index in [1.807, 2.05) is 0 Å². The maximum Gasteiger partial charge on any atom is 0.0613 e. The van der Waals surface area contributed by atoms with Crippen molar-refractivity contribution >= 4 is 0 Å². The van der Waals surface area contributed by atoms with Gasteiger partial charge in [-0.05, 0) is 37.8 Å². The number of rotatable bonds is 7. The molecule has 0 aromatic heterocycles. The standard InChI is InChI=1S/C14H30N2O/c1-5-16(6-2)10-9-15-14(12-17)8-7-13(3,4)11-14/h15,17H,5-12H2,1-4H3. The van der Waals surface area contributed by atoms with Crippen LogP contribution in [0.5, 0.6) is 0 Å². The lowest BCUT2D eigenvalue weighted by Crippen LogP contribution is -2.49. The van der Waals surface area contributed by atoms with Crippen LogP contribution in [0.15, 0.2) is 0 Å². The first-order valence-electron chi connectivity index (χ1n) is 7.05. The van der Waals surface area contributed by atoms with E-state index in [0.29, 0.717) is 5.41 Å². The predicted molar refractivity (Wildman–Crippen MR) is 73.2 cm³/mol. The van der Waals surface area contributed by atoms with Crippen molar-refractivity contribution in [1.29, 1.82) is 0 Å². The Morgan fingerprint density at radius 1 is 1.18 bits per heavy atom. The monoisotopic (exact) mass is 242 g/mol. The molecular formula is C14H30N2O. The third-order valence-corrected chi connectivity index (χ3v) is 4.22. The first-order chi connectivity index (χ1) is 7.97. The van der Waals surface area contributed by atoms with E-state index >= 15 is 0 Å². The van der Waals surface area contributed by atoms with Gasteiger partial charge in [0, 0.05) is 18.6 Å². The second kappa shape index (κ2) is 6.17. The molecule has 0 saturated heterocycles. The number of nitrogens with zero attached hydrogens (tertiary/aromatic N) is 1. The zero-order valence-electron chi connectivity index (χ0n) is 12.1. The van der Waals surface area contributed by atoms with Crippen LogP contribution in [0.3, 0.4) is 0 Å². The van der Waals surface area contributed by atoms with Crippen molar-refractivity contribution in [1.82, 2.24) is 10.2 Å². The highest BCUT2D eigenvalue weighted by atomic mass is 16.3.